The molecule has 0 spiro atoms. The van der Waals surface area contributed by atoms with Crippen molar-refractivity contribution < 1.29 is 22.0 Å². The zero-order chi connectivity index (χ0) is 16.3. The summed E-state index contributed by atoms with van der Waals surface area (Å²) in [6.45, 7) is 2.80. The highest BCUT2D eigenvalue weighted by molar-refractivity contribution is 7.89. The van der Waals surface area contributed by atoms with Crippen LogP contribution in [0, 0.1) is 11.6 Å². The molecule has 0 bridgehead atoms. The van der Waals surface area contributed by atoms with Gasteiger partial charge in [0.15, 0.2) is 0 Å². The van der Waals surface area contributed by atoms with Crippen LogP contribution >= 0.6 is 0 Å². The summed E-state index contributed by atoms with van der Waals surface area (Å²) in [6, 6.07) is 2.40. The number of amides is 1. The molecule has 0 N–H and O–H groups in total. The van der Waals surface area contributed by atoms with Crippen molar-refractivity contribution >= 4 is 15.9 Å². The van der Waals surface area contributed by atoms with Crippen LogP contribution in [-0.4, -0.2) is 49.7 Å². The van der Waals surface area contributed by atoms with Gasteiger partial charge in [-0.15, -0.1) is 0 Å². The summed E-state index contributed by atoms with van der Waals surface area (Å²) < 4.78 is 52.8. The van der Waals surface area contributed by atoms with E-state index in [2.05, 4.69) is 0 Å². The Bertz CT molecular complexity index is 664. The van der Waals surface area contributed by atoms with Crippen molar-refractivity contribution in [1.82, 2.24) is 9.21 Å². The first-order chi connectivity index (χ1) is 10.4. The average Bonchev–Trinajstić information content (AvgIpc) is 2.72. The predicted octanol–water partition coefficient (Wildman–Crippen LogP) is 1.60. The largest absolute Gasteiger partial charge is 0.341 e. The summed E-state index contributed by atoms with van der Waals surface area (Å²) in [5.74, 6) is -1.97. The molecule has 2 rings (SSSR count). The summed E-state index contributed by atoms with van der Waals surface area (Å²) in [5, 5.41) is 0. The molecule has 1 aromatic carbocycles. The Morgan fingerprint density at radius 2 is 1.91 bits per heavy atom. The molecule has 0 radical (unpaired) electrons. The smallest absolute Gasteiger partial charge is 0.246 e. The molecule has 1 amide bonds. The van der Waals surface area contributed by atoms with E-state index in [1.165, 1.54) is 0 Å². The molecule has 22 heavy (non-hydrogen) atoms. The molecular formula is C14H18F2N2O3S. The van der Waals surface area contributed by atoms with E-state index in [0.717, 1.165) is 16.4 Å². The number of rotatable bonds is 3. The number of halogens is 2. The summed E-state index contributed by atoms with van der Waals surface area (Å²) in [7, 11) is -4.03. The first kappa shape index (κ1) is 16.8. The van der Waals surface area contributed by atoms with Gasteiger partial charge in [0.05, 0.1) is 0 Å². The lowest BCUT2D eigenvalue weighted by atomic mass is 10.3. The second kappa shape index (κ2) is 6.70. The van der Waals surface area contributed by atoms with Gasteiger partial charge in [-0.1, -0.05) is 6.92 Å². The molecule has 0 unspecified atom stereocenters. The van der Waals surface area contributed by atoms with Crippen molar-refractivity contribution in [3.63, 3.8) is 0 Å². The van der Waals surface area contributed by atoms with Gasteiger partial charge in [-0.25, -0.2) is 17.2 Å². The molecular weight excluding hydrogens is 314 g/mol. The first-order valence-electron chi connectivity index (χ1n) is 7.09. The number of carbonyl (C=O) groups excluding carboxylic acids is 1. The lowest BCUT2D eigenvalue weighted by Gasteiger charge is -2.21. The molecule has 8 heteroatoms. The molecule has 0 aromatic heterocycles. The van der Waals surface area contributed by atoms with Crippen LogP contribution in [0.5, 0.6) is 0 Å². The van der Waals surface area contributed by atoms with E-state index in [0.29, 0.717) is 25.5 Å². The zero-order valence-corrected chi connectivity index (χ0v) is 13.1. The van der Waals surface area contributed by atoms with Crippen molar-refractivity contribution in [2.75, 3.05) is 26.2 Å². The molecule has 0 atom stereocenters. The van der Waals surface area contributed by atoms with Gasteiger partial charge in [-0.05, 0) is 18.6 Å². The monoisotopic (exact) mass is 332 g/mol. The van der Waals surface area contributed by atoms with Crippen LogP contribution < -0.4 is 0 Å². The maximum absolute atomic E-state index is 13.8. The van der Waals surface area contributed by atoms with E-state index in [1.54, 1.807) is 11.8 Å². The molecule has 1 saturated heterocycles. The van der Waals surface area contributed by atoms with E-state index in [1.807, 2.05) is 0 Å². The van der Waals surface area contributed by atoms with Gasteiger partial charge in [0.1, 0.15) is 16.5 Å². The van der Waals surface area contributed by atoms with Crippen molar-refractivity contribution in [2.45, 2.75) is 24.7 Å². The molecule has 1 aliphatic heterocycles. The molecule has 1 fully saturated rings. The van der Waals surface area contributed by atoms with E-state index in [-0.39, 0.29) is 25.5 Å². The standard InChI is InChI=1S/C14H18F2N2O3S/c1-2-14(19)17-6-3-7-18(9-8-17)22(20,21)13-5-4-11(15)10-12(13)16/h4-5,10H,2-3,6-9H2,1H3. The zero-order valence-electron chi connectivity index (χ0n) is 12.3. The van der Waals surface area contributed by atoms with Gasteiger partial charge in [0.25, 0.3) is 0 Å². The van der Waals surface area contributed by atoms with Crippen molar-refractivity contribution in [3.8, 4) is 0 Å². The van der Waals surface area contributed by atoms with Gasteiger partial charge in [-0.2, -0.15) is 4.31 Å². The third kappa shape index (κ3) is 3.44. The maximum Gasteiger partial charge on any atom is 0.246 e. The number of nitrogens with zero attached hydrogens (tertiary/aromatic N) is 2. The minimum absolute atomic E-state index is 0.0350. The highest BCUT2D eigenvalue weighted by atomic mass is 32.2. The molecule has 5 nitrogen and oxygen atoms in total. The van der Waals surface area contributed by atoms with E-state index in [4.69, 9.17) is 0 Å². The van der Waals surface area contributed by atoms with Crippen LogP contribution in [0.25, 0.3) is 0 Å². The second-order valence-electron chi connectivity index (χ2n) is 5.07. The average molecular weight is 332 g/mol. The summed E-state index contributed by atoms with van der Waals surface area (Å²) in [4.78, 5) is 12.8. The van der Waals surface area contributed by atoms with Gasteiger partial charge < -0.3 is 4.90 Å². The Morgan fingerprint density at radius 3 is 2.55 bits per heavy atom. The minimum Gasteiger partial charge on any atom is -0.341 e. The summed E-state index contributed by atoms with van der Waals surface area (Å²) in [6.07, 6.45) is 0.840. The van der Waals surface area contributed by atoms with Crippen LogP contribution in [0.2, 0.25) is 0 Å². The van der Waals surface area contributed by atoms with Crippen LogP contribution in [0.3, 0.4) is 0 Å². The topological polar surface area (TPSA) is 57.7 Å². The SMILES string of the molecule is CCC(=O)N1CCCN(S(=O)(=O)c2ccc(F)cc2F)CC1. The number of hydrogen-bond donors (Lipinski definition) is 0. The molecule has 0 aliphatic carbocycles. The quantitative estimate of drug-likeness (QED) is 0.845. The van der Waals surface area contributed by atoms with Gasteiger partial charge in [0.2, 0.25) is 15.9 Å². The number of hydrogen-bond acceptors (Lipinski definition) is 3. The van der Waals surface area contributed by atoms with Gasteiger partial charge in [-0.3, -0.25) is 4.79 Å². The van der Waals surface area contributed by atoms with Crippen molar-refractivity contribution in [3.05, 3.63) is 29.8 Å². The predicted molar refractivity (Wildman–Crippen MR) is 76.6 cm³/mol. The fourth-order valence-corrected chi connectivity index (χ4v) is 3.95. The fourth-order valence-electron chi connectivity index (χ4n) is 2.43. The van der Waals surface area contributed by atoms with E-state index in [9.17, 15) is 22.0 Å². The molecule has 1 heterocycles. The second-order valence-corrected chi connectivity index (χ2v) is 6.97. The Labute approximate surface area is 128 Å². The van der Waals surface area contributed by atoms with Crippen LogP contribution in [0.1, 0.15) is 19.8 Å². The Hall–Kier alpha value is -1.54. The fraction of sp³-hybridized carbons (Fsp3) is 0.500. The lowest BCUT2D eigenvalue weighted by molar-refractivity contribution is -0.130. The van der Waals surface area contributed by atoms with E-state index >= 15 is 0 Å². The number of carbonyl (C=O) groups is 1. The van der Waals surface area contributed by atoms with Crippen LogP contribution in [0.15, 0.2) is 23.1 Å². The maximum atomic E-state index is 13.8. The highest BCUT2D eigenvalue weighted by Crippen LogP contribution is 2.21. The molecule has 0 saturated carbocycles. The highest BCUT2D eigenvalue weighted by Gasteiger charge is 2.30. The third-order valence-corrected chi connectivity index (χ3v) is 5.55. The molecule has 122 valence electrons. The normalized spacial score (nSPS) is 17.3. The van der Waals surface area contributed by atoms with E-state index < -0.39 is 26.6 Å². The van der Waals surface area contributed by atoms with Crippen molar-refractivity contribution in [1.29, 1.82) is 0 Å². The number of sulfonamides is 1. The summed E-state index contributed by atoms with van der Waals surface area (Å²) in [5.41, 5.74) is 0. The van der Waals surface area contributed by atoms with Gasteiger partial charge in [0, 0.05) is 38.7 Å². The van der Waals surface area contributed by atoms with Crippen LogP contribution in [0.4, 0.5) is 8.78 Å². The lowest BCUT2D eigenvalue weighted by Crippen LogP contribution is -2.37. The van der Waals surface area contributed by atoms with Crippen LogP contribution in [-0.2, 0) is 14.8 Å². The minimum atomic E-state index is -4.03. The third-order valence-electron chi connectivity index (χ3n) is 3.62. The van der Waals surface area contributed by atoms with Crippen molar-refractivity contribution in [2.24, 2.45) is 0 Å². The van der Waals surface area contributed by atoms with Gasteiger partial charge >= 0.3 is 0 Å². The first-order valence-corrected chi connectivity index (χ1v) is 8.53. The Kier molecular flexibility index (Phi) is 5.12. The summed E-state index contributed by atoms with van der Waals surface area (Å²) >= 11 is 0. The Morgan fingerprint density at radius 1 is 1.18 bits per heavy atom. The Balaban J connectivity index is 2.21. The molecule has 1 aromatic rings. The number of benzene rings is 1. The molecule has 1 aliphatic rings.